The van der Waals surface area contributed by atoms with Crippen molar-refractivity contribution in [3.05, 3.63) is 12.2 Å². The topological polar surface area (TPSA) is 35.5 Å². The molecular weight excluding hydrogens is 184 g/mol. The number of hydrogen-bond acceptors (Lipinski definition) is 3. The van der Waals surface area contributed by atoms with E-state index in [9.17, 15) is 4.79 Å². The Morgan fingerprint density at radius 3 is 2.08 bits per heavy atom. The molecule has 0 radical (unpaired) electrons. The second-order valence-electron chi connectivity index (χ2n) is 2.68. The zero-order valence-corrected chi connectivity index (χ0v) is 9.79. The molecular formula is C9H18O3Si. The second kappa shape index (κ2) is 6.07. The van der Waals surface area contributed by atoms with Crippen LogP contribution < -0.4 is 0 Å². The van der Waals surface area contributed by atoms with Gasteiger partial charge in [0.1, 0.15) is 0 Å². The van der Waals surface area contributed by atoms with E-state index in [0.717, 1.165) is 0 Å². The predicted molar refractivity (Wildman–Crippen MR) is 54.7 cm³/mol. The van der Waals surface area contributed by atoms with Crippen LogP contribution >= 0.6 is 0 Å². The number of carbonyl (C=O) groups excluding carboxylic acids is 1. The highest BCUT2D eigenvalue weighted by Gasteiger charge is 2.38. The highest BCUT2D eigenvalue weighted by molar-refractivity contribution is 6.97. The van der Waals surface area contributed by atoms with Crippen LogP contribution in [0.3, 0.4) is 0 Å². The maximum atomic E-state index is 11.6. The third-order valence-corrected chi connectivity index (χ3v) is 4.35. The summed E-state index contributed by atoms with van der Waals surface area (Å²) in [5, 5.41) is -0.0151. The van der Waals surface area contributed by atoms with Crippen molar-refractivity contribution in [2.75, 3.05) is 13.2 Å². The molecule has 3 nitrogen and oxygen atoms in total. The lowest BCUT2D eigenvalue weighted by atomic mass is 10.6. The molecule has 0 saturated carbocycles. The molecule has 76 valence electrons. The van der Waals surface area contributed by atoms with Gasteiger partial charge >= 0.3 is 8.56 Å². The molecule has 4 heteroatoms. The van der Waals surface area contributed by atoms with Crippen LogP contribution in [0.15, 0.2) is 12.2 Å². The first kappa shape index (κ1) is 12.5. The van der Waals surface area contributed by atoms with Crippen LogP contribution in [0.25, 0.3) is 0 Å². The molecule has 13 heavy (non-hydrogen) atoms. The van der Waals surface area contributed by atoms with E-state index in [1.807, 2.05) is 20.8 Å². The molecule has 0 fully saturated rings. The quantitative estimate of drug-likeness (QED) is 0.487. The van der Waals surface area contributed by atoms with Gasteiger partial charge in [-0.3, -0.25) is 4.79 Å². The fraction of sp³-hybridized carbons (Fsp3) is 0.667. The van der Waals surface area contributed by atoms with Gasteiger partial charge in [-0.15, -0.1) is 0 Å². The standard InChI is InChI=1S/C9H18O3Si/c1-5-8-9(10)13(4,11-6-2)12-7-3/h5,8H,6-7H2,1-4H3. The van der Waals surface area contributed by atoms with E-state index in [0.29, 0.717) is 13.2 Å². The molecule has 0 atom stereocenters. The summed E-state index contributed by atoms with van der Waals surface area (Å²) >= 11 is 0. The van der Waals surface area contributed by atoms with Crippen molar-refractivity contribution in [2.45, 2.75) is 27.3 Å². The van der Waals surface area contributed by atoms with Crippen molar-refractivity contribution in [3.63, 3.8) is 0 Å². The molecule has 0 bridgehead atoms. The Balaban J connectivity index is 4.46. The molecule has 0 unspecified atom stereocenters. The first-order valence-electron chi connectivity index (χ1n) is 4.55. The predicted octanol–water partition coefficient (Wildman–Crippen LogP) is 1.82. The lowest BCUT2D eigenvalue weighted by molar-refractivity contribution is -0.111. The Morgan fingerprint density at radius 2 is 1.77 bits per heavy atom. The average molecular weight is 202 g/mol. The van der Waals surface area contributed by atoms with E-state index in [1.165, 1.54) is 6.08 Å². The van der Waals surface area contributed by atoms with Crippen LogP contribution in [0.5, 0.6) is 0 Å². The molecule has 0 aliphatic rings. The van der Waals surface area contributed by atoms with E-state index in [2.05, 4.69) is 0 Å². The summed E-state index contributed by atoms with van der Waals surface area (Å²) in [7, 11) is -2.60. The van der Waals surface area contributed by atoms with Gasteiger partial charge < -0.3 is 8.85 Å². The number of allylic oxidation sites excluding steroid dienone is 2. The van der Waals surface area contributed by atoms with Crippen molar-refractivity contribution < 1.29 is 13.6 Å². The van der Waals surface area contributed by atoms with Crippen molar-refractivity contribution in [2.24, 2.45) is 0 Å². The van der Waals surface area contributed by atoms with Gasteiger partial charge in [0.05, 0.1) is 0 Å². The Labute approximate surface area is 81.0 Å². The fourth-order valence-corrected chi connectivity index (χ4v) is 2.98. The van der Waals surface area contributed by atoms with E-state index in [-0.39, 0.29) is 5.41 Å². The summed E-state index contributed by atoms with van der Waals surface area (Å²) in [6, 6.07) is 0. The van der Waals surface area contributed by atoms with Gasteiger partial charge in [0, 0.05) is 13.2 Å². The number of hydrogen-bond donors (Lipinski definition) is 0. The molecule has 0 N–H and O–H groups in total. The molecule has 0 aromatic carbocycles. The molecule has 0 rings (SSSR count). The zero-order chi connectivity index (χ0) is 10.3. The molecule has 0 aliphatic carbocycles. The second-order valence-corrected chi connectivity index (χ2v) is 5.64. The maximum absolute atomic E-state index is 11.6. The Morgan fingerprint density at radius 1 is 1.31 bits per heavy atom. The molecule has 0 saturated heterocycles. The largest absolute Gasteiger partial charge is 0.412 e. The van der Waals surface area contributed by atoms with Crippen molar-refractivity contribution in [3.8, 4) is 0 Å². The number of carbonyl (C=O) groups is 1. The first-order chi connectivity index (χ1) is 6.10. The van der Waals surface area contributed by atoms with Gasteiger partial charge in [-0.2, -0.15) is 0 Å². The van der Waals surface area contributed by atoms with Gasteiger partial charge in [-0.1, -0.05) is 6.08 Å². The lowest BCUT2D eigenvalue weighted by Crippen LogP contribution is -2.47. The summed E-state index contributed by atoms with van der Waals surface area (Å²) in [5.74, 6) is 0. The monoisotopic (exact) mass is 202 g/mol. The van der Waals surface area contributed by atoms with Gasteiger partial charge in [0.25, 0.3) is 0 Å². The highest BCUT2D eigenvalue weighted by Crippen LogP contribution is 2.09. The van der Waals surface area contributed by atoms with Crippen LogP contribution in [0.4, 0.5) is 0 Å². The normalized spacial score (nSPS) is 12.3. The van der Waals surface area contributed by atoms with Crippen LogP contribution in [0, 0.1) is 0 Å². The summed E-state index contributed by atoms with van der Waals surface area (Å²) in [6.07, 6.45) is 3.24. The van der Waals surface area contributed by atoms with Gasteiger partial charge in [-0.25, -0.2) is 0 Å². The summed E-state index contributed by atoms with van der Waals surface area (Å²) < 4.78 is 10.8. The Kier molecular flexibility index (Phi) is 5.86. The van der Waals surface area contributed by atoms with E-state index in [1.54, 1.807) is 12.6 Å². The van der Waals surface area contributed by atoms with Gasteiger partial charge in [0.15, 0.2) is 5.41 Å². The third-order valence-electron chi connectivity index (χ3n) is 1.61. The van der Waals surface area contributed by atoms with E-state index in [4.69, 9.17) is 8.85 Å². The lowest BCUT2D eigenvalue weighted by Gasteiger charge is -2.22. The SMILES string of the molecule is CC=CC(=O)[Si](C)(OCC)OCC. The van der Waals surface area contributed by atoms with Gasteiger partial charge in [0.2, 0.25) is 0 Å². The Hall–Kier alpha value is -0.453. The summed E-state index contributed by atoms with van der Waals surface area (Å²) in [5.41, 5.74) is 0. The van der Waals surface area contributed by atoms with Crippen molar-refractivity contribution in [1.82, 2.24) is 0 Å². The molecule has 0 amide bonds. The van der Waals surface area contributed by atoms with E-state index < -0.39 is 8.56 Å². The van der Waals surface area contributed by atoms with Crippen molar-refractivity contribution >= 4 is 14.0 Å². The van der Waals surface area contributed by atoms with E-state index >= 15 is 0 Å². The van der Waals surface area contributed by atoms with Gasteiger partial charge in [-0.05, 0) is 33.4 Å². The van der Waals surface area contributed by atoms with Crippen LogP contribution in [0.1, 0.15) is 20.8 Å². The molecule has 0 heterocycles. The minimum Gasteiger partial charge on any atom is -0.390 e. The number of rotatable bonds is 6. The molecule has 0 aliphatic heterocycles. The zero-order valence-electron chi connectivity index (χ0n) is 8.79. The Bertz CT molecular complexity index is 183. The minimum absolute atomic E-state index is 0.0151. The molecule has 0 spiro atoms. The third kappa shape index (κ3) is 3.84. The molecule has 0 aromatic rings. The van der Waals surface area contributed by atoms with Crippen molar-refractivity contribution in [1.29, 1.82) is 0 Å². The molecule has 0 aromatic heterocycles. The highest BCUT2D eigenvalue weighted by atomic mass is 28.4. The minimum atomic E-state index is -2.60. The van der Waals surface area contributed by atoms with Crippen LogP contribution in [-0.2, 0) is 13.6 Å². The van der Waals surface area contributed by atoms with Crippen LogP contribution in [0.2, 0.25) is 6.55 Å². The smallest absolute Gasteiger partial charge is 0.390 e. The summed E-state index contributed by atoms with van der Waals surface area (Å²) in [6.45, 7) is 8.37. The van der Waals surface area contributed by atoms with Crippen LogP contribution in [-0.4, -0.2) is 27.2 Å². The summed E-state index contributed by atoms with van der Waals surface area (Å²) in [4.78, 5) is 11.6. The first-order valence-corrected chi connectivity index (χ1v) is 6.87. The fourth-order valence-electron chi connectivity index (χ4n) is 1.04. The maximum Gasteiger partial charge on any atom is 0.412 e. The average Bonchev–Trinajstić information content (AvgIpc) is 2.05.